The molecule has 4 N–H and O–H groups in total. The molecule has 0 radical (unpaired) electrons. The lowest BCUT2D eigenvalue weighted by atomic mass is 9.83. The van der Waals surface area contributed by atoms with Crippen LogP contribution in [0.5, 0.6) is 0 Å². The minimum atomic E-state index is 0.547. The Morgan fingerprint density at radius 2 is 1.94 bits per heavy atom. The summed E-state index contributed by atoms with van der Waals surface area (Å²) in [7, 11) is 0. The molecule has 18 heavy (non-hydrogen) atoms. The molecule has 3 rings (SSSR count). The van der Waals surface area contributed by atoms with Gasteiger partial charge in [0.1, 0.15) is 17.5 Å². The number of hydrogen-bond donors (Lipinski definition) is 3. The average molecular weight is 247 g/mol. The molecule has 2 aliphatic carbocycles. The maximum absolute atomic E-state index is 5.45. The smallest absolute Gasteiger partial charge is 0.145 e. The van der Waals surface area contributed by atoms with Crippen LogP contribution in [0.2, 0.25) is 0 Å². The van der Waals surface area contributed by atoms with Gasteiger partial charge in [0, 0.05) is 18.5 Å². The zero-order valence-electron chi connectivity index (χ0n) is 10.7. The Bertz CT molecular complexity index is 412. The van der Waals surface area contributed by atoms with Crippen LogP contribution >= 0.6 is 0 Å². The van der Waals surface area contributed by atoms with Crippen LogP contribution in [0.25, 0.3) is 0 Å². The van der Waals surface area contributed by atoms with Crippen LogP contribution in [-0.4, -0.2) is 16.5 Å². The molecule has 0 aromatic carbocycles. The first-order valence-electron chi connectivity index (χ1n) is 6.94. The number of hydrazine groups is 1. The number of nitrogens with two attached hydrogens (primary N) is 1. The van der Waals surface area contributed by atoms with E-state index in [1.54, 1.807) is 0 Å². The summed E-state index contributed by atoms with van der Waals surface area (Å²) in [5, 5.41) is 3.39. The van der Waals surface area contributed by atoms with Gasteiger partial charge in [0.25, 0.3) is 0 Å². The Hall–Kier alpha value is -1.36. The van der Waals surface area contributed by atoms with Crippen LogP contribution in [0.15, 0.2) is 6.07 Å². The van der Waals surface area contributed by atoms with E-state index < -0.39 is 0 Å². The number of nitrogens with zero attached hydrogens (tertiary/aromatic N) is 2. The fraction of sp³-hybridized carbons (Fsp3) is 0.692. The molecule has 5 heteroatoms. The quantitative estimate of drug-likeness (QED) is 0.531. The SMILES string of the molecule is NNc1cc(NCCC2CCC2)nc(C2CC2)n1. The minimum absolute atomic E-state index is 0.547. The molecule has 1 heterocycles. The second kappa shape index (κ2) is 5.10. The van der Waals surface area contributed by atoms with E-state index in [0.29, 0.717) is 11.7 Å². The van der Waals surface area contributed by atoms with Crippen molar-refractivity contribution in [2.75, 3.05) is 17.3 Å². The van der Waals surface area contributed by atoms with Gasteiger partial charge in [0.2, 0.25) is 0 Å². The van der Waals surface area contributed by atoms with Gasteiger partial charge >= 0.3 is 0 Å². The molecule has 0 aliphatic heterocycles. The molecule has 98 valence electrons. The highest BCUT2D eigenvalue weighted by atomic mass is 15.3. The highest BCUT2D eigenvalue weighted by Crippen LogP contribution is 2.38. The molecular formula is C13H21N5. The van der Waals surface area contributed by atoms with Crippen molar-refractivity contribution in [3.05, 3.63) is 11.9 Å². The molecule has 2 aliphatic rings. The first kappa shape index (κ1) is 11.7. The van der Waals surface area contributed by atoms with Gasteiger partial charge in [-0.2, -0.15) is 0 Å². The number of nitrogen functional groups attached to an aromatic ring is 1. The molecule has 0 saturated heterocycles. The lowest BCUT2D eigenvalue weighted by Gasteiger charge is -2.25. The average Bonchev–Trinajstić information content (AvgIpc) is 3.16. The summed E-state index contributed by atoms with van der Waals surface area (Å²) < 4.78 is 0. The third-order valence-corrected chi connectivity index (χ3v) is 3.92. The van der Waals surface area contributed by atoms with Crippen molar-refractivity contribution in [2.45, 2.75) is 44.4 Å². The van der Waals surface area contributed by atoms with Crippen molar-refractivity contribution in [1.82, 2.24) is 9.97 Å². The summed E-state index contributed by atoms with van der Waals surface area (Å²) in [4.78, 5) is 8.96. The summed E-state index contributed by atoms with van der Waals surface area (Å²) in [5.74, 6) is 9.46. The van der Waals surface area contributed by atoms with Gasteiger partial charge in [0.15, 0.2) is 0 Å². The molecule has 0 unspecified atom stereocenters. The minimum Gasteiger partial charge on any atom is -0.370 e. The van der Waals surface area contributed by atoms with Crippen molar-refractivity contribution < 1.29 is 0 Å². The second-order valence-corrected chi connectivity index (χ2v) is 5.43. The summed E-state index contributed by atoms with van der Waals surface area (Å²) in [6, 6.07) is 1.88. The van der Waals surface area contributed by atoms with Gasteiger partial charge in [-0.15, -0.1) is 0 Å². The first-order valence-corrected chi connectivity index (χ1v) is 6.94. The van der Waals surface area contributed by atoms with Gasteiger partial charge in [-0.25, -0.2) is 15.8 Å². The van der Waals surface area contributed by atoms with E-state index in [2.05, 4.69) is 20.7 Å². The van der Waals surface area contributed by atoms with Crippen molar-refractivity contribution in [3.63, 3.8) is 0 Å². The standard InChI is InChI=1S/C13H21N5/c14-18-12-8-11(15-7-6-9-2-1-3-9)16-13(17-12)10-4-5-10/h8-10H,1-7,14H2,(H2,15,16,17,18). The zero-order chi connectivity index (χ0) is 12.4. The van der Waals surface area contributed by atoms with Crippen LogP contribution in [0, 0.1) is 5.92 Å². The Morgan fingerprint density at radius 1 is 1.17 bits per heavy atom. The molecule has 0 spiro atoms. The maximum Gasteiger partial charge on any atom is 0.145 e. The highest BCUT2D eigenvalue weighted by Gasteiger charge is 2.27. The van der Waals surface area contributed by atoms with E-state index in [1.807, 2.05) is 6.07 Å². The molecule has 0 atom stereocenters. The number of anilines is 2. The summed E-state index contributed by atoms with van der Waals surface area (Å²) in [6.07, 6.45) is 7.85. The predicted octanol–water partition coefficient (Wildman–Crippen LogP) is 2.24. The normalized spacial score (nSPS) is 19.4. The molecular weight excluding hydrogens is 226 g/mol. The molecule has 5 nitrogen and oxygen atoms in total. The lowest BCUT2D eigenvalue weighted by molar-refractivity contribution is 0.303. The zero-order valence-corrected chi connectivity index (χ0v) is 10.7. The van der Waals surface area contributed by atoms with Crippen LogP contribution in [0.4, 0.5) is 11.6 Å². The van der Waals surface area contributed by atoms with Crippen LogP contribution in [0.3, 0.4) is 0 Å². The van der Waals surface area contributed by atoms with Gasteiger partial charge in [0.05, 0.1) is 0 Å². The van der Waals surface area contributed by atoms with Gasteiger partial charge < -0.3 is 10.7 Å². The third kappa shape index (κ3) is 2.72. The van der Waals surface area contributed by atoms with Gasteiger partial charge in [-0.3, -0.25) is 0 Å². The van der Waals surface area contributed by atoms with Crippen LogP contribution < -0.4 is 16.6 Å². The summed E-state index contributed by atoms with van der Waals surface area (Å²) >= 11 is 0. The number of hydrogen-bond acceptors (Lipinski definition) is 5. The molecule has 1 aromatic heterocycles. The number of nitrogens with one attached hydrogen (secondary N) is 2. The van der Waals surface area contributed by atoms with E-state index in [4.69, 9.17) is 5.84 Å². The summed E-state index contributed by atoms with van der Waals surface area (Å²) in [6.45, 7) is 0.996. The number of rotatable bonds is 6. The van der Waals surface area contributed by atoms with E-state index in [1.165, 1.54) is 38.5 Å². The van der Waals surface area contributed by atoms with Crippen molar-refractivity contribution in [2.24, 2.45) is 11.8 Å². The van der Waals surface area contributed by atoms with E-state index in [9.17, 15) is 0 Å². The largest absolute Gasteiger partial charge is 0.370 e. The van der Waals surface area contributed by atoms with E-state index in [-0.39, 0.29) is 0 Å². The highest BCUT2D eigenvalue weighted by molar-refractivity contribution is 5.47. The Morgan fingerprint density at radius 3 is 2.56 bits per heavy atom. The summed E-state index contributed by atoms with van der Waals surface area (Å²) in [5.41, 5.74) is 2.62. The molecule has 2 fully saturated rings. The molecule has 1 aromatic rings. The monoisotopic (exact) mass is 247 g/mol. The van der Waals surface area contributed by atoms with Gasteiger partial charge in [-0.1, -0.05) is 19.3 Å². The van der Waals surface area contributed by atoms with Gasteiger partial charge in [-0.05, 0) is 25.2 Å². The van der Waals surface area contributed by atoms with Crippen molar-refractivity contribution in [1.29, 1.82) is 0 Å². The molecule has 2 saturated carbocycles. The second-order valence-electron chi connectivity index (χ2n) is 5.43. The van der Waals surface area contributed by atoms with Crippen LogP contribution in [0.1, 0.15) is 50.3 Å². The third-order valence-electron chi connectivity index (χ3n) is 3.92. The van der Waals surface area contributed by atoms with Crippen molar-refractivity contribution >= 4 is 11.6 Å². The maximum atomic E-state index is 5.45. The fourth-order valence-electron chi connectivity index (χ4n) is 2.34. The van der Waals surface area contributed by atoms with Crippen molar-refractivity contribution in [3.8, 4) is 0 Å². The Labute approximate surface area is 108 Å². The number of aromatic nitrogens is 2. The molecule has 0 bridgehead atoms. The lowest BCUT2D eigenvalue weighted by Crippen LogP contribution is -2.17. The first-order chi connectivity index (χ1) is 8.85. The Balaban J connectivity index is 1.60. The van der Waals surface area contributed by atoms with Crippen LogP contribution in [-0.2, 0) is 0 Å². The van der Waals surface area contributed by atoms with E-state index >= 15 is 0 Å². The van der Waals surface area contributed by atoms with E-state index in [0.717, 1.165) is 24.1 Å². The topological polar surface area (TPSA) is 75.9 Å². The predicted molar refractivity (Wildman–Crippen MR) is 72.3 cm³/mol. The molecule has 0 amide bonds. The Kier molecular flexibility index (Phi) is 3.32. The fourth-order valence-corrected chi connectivity index (χ4v) is 2.34.